The normalized spacial score (nSPS) is 14.2. The Hall–Kier alpha value is -6.32. The van der Waals surface area contributed by atoms with Gasteiger partial charge in [0, 0.05) is 27.5 Å². The first-order valence-electron chi connectivity index (χ1n) is 20.4. The largest absolute Gasteiger partial charge is 0.320 e. The first-order valence-corrected chi connectivity index (χ1v) is 20.4. The van der Waals surface area contributed by atoms with Crippen molar-refractivity contribution in [3.8, 4) is 22.3 Å². The summed E-state index contributed by atoms with van der Waals surface area (Å²) in [5, 5.41) is 2.48. The maximum Gasteiger partial charge on any atom is 0.156 e. The highest BCUT2D eigenvalue weighted by molar-refractivity contribution is 6.12. The van der Waals surface area contributed by atoms with E-state index in [0.717, 1.165) is 35.5 Å². The zero-order valence-corrected chi connectivity index (χ0v) is 33.6. The molecular formula is C54H49N3. The van der Waals surface area contributed by atoms with E-state index in [0.29, 0.717) is 12.6 Å². The topological polar surface area (TPSA) is 29.6 Å². The molecule has 280 valence electrons. The number of fused-ring (bicyclic) bond motifs is 6. The van der Waals surface area contributed by atoms with Gasteiger partial charge in [-0.15, -0.1) is 0 Å². The van der Waals surface area contributed by atoms with Crippen molar-refractivity contribution in [1.82, 2.24) is 4.57 Å². The summed E-state index contributed by atoms with van der Waals surface area (Å²) in [5.74, 6) is 1.12. The number of nitrogens with zero attached hydrogens (tertiary/aromatic N) is 3. The third-order valence-electron chi connectivity index (χ3n) is 12.4. The van der Waals surface area contributed by atoms with E-state index in [9.17, 15) is 0 Å². The molecule has 7 aromatic carbocycles. The number of hydrogen-bond acceptors (Lipinski definition) is 1. The highest BCUT2D eigenvalue weighted by Gasteiger charge is 2.36. The Morgan fingerprint density at radius 2 is 1.21 bits per heavy atom. The van der Waals surface area contributed by atoms with Crippen LogP contribution in [0.1, 0.15) is 79.0 Å². The van der Waals surface area contributed by atoms with E-state index in [4.69, 9.17) is 9.98 Å². The Balaban J connectivity index is 0.999. The predicted octanol–water partition coefficient (Wildman–Crippen LogP) is 13.7. The van der Waals surface area contributed by atoms with Crippen LogP contribution in [0.25, 0.3) is 44.1 Å². The van der Waals surface area contributed by atoms with Crippen molar-refractivity contribution in [3.63, 3.8) is 0 Å². The first-order chi connectivity index (χ1) is 27.8. The van der Waals surface area contributed by atoms with Gasteiger partial charge in [0.1, 0.15) is 6.67 Å². The van der Waals surface area contributed by atoms with Gasteiger partial charge < -0.3 is 4.57 Å². The lowest BCUT2D eigenvalue weighted by molar-refractivity contribution is 0.659. The standard InChI is InChI=1S/C54H49N3/c1-6-38(34-42-20-10-11-21-44(42)43-32-33-49-52(36(43)2)47-24-12-15-25-48(47)54(49,4)5)40-30-28-39(29-31-40)37(3)56-53(41-18-8-7-9-19-41)55-35-57-50-26-16-13-22-45(50)46-23-14-17-27-51(46)57/h7-33,38H,6,34-35H2,1-5H3. The molecule has 9 rings (SSSR count). The molecule has 57 heavy (non-hydrogen) atoms. The molecule has 0 saturated carbocycles. The van der Waals surface area contributed by atoms with Crippen LogP contribution in [0.2, 0.25) is 0 Å². The van der Waals surface area contributed by atoms with Crippen LogP contribution in [0.3, 0.4) is 0 Å². The van der Waals surface area contributed by atoms with Gasteiger partial charge >= 0.3 is 0 Å². The van der Waals surface area contributed by atoms with Crippen LogP contribution >= 0.6 is 0 Å². The molecule has 1 heterocycles. The molecular weight excluding hydrogens is 691 g/mol. The summed E-state index contributed by atoms with van der Waals surface area (Å²) in [6.07, 6.45) is 2.03. The van der Waals surface area contributed by atoms with Gasteiger partial charge in [-0.2, -0.15) is 0 Å². The molecule has 0 aliphatic heterocycles. The molecule has 0 saturated heterocycles. The van der Waals surface area contributed by atoms with Gasteiger partial charge in [-0.1, -0.05) is 172 Å². The molecule has 0 amide bonds. The van der Waals surface area contributed by atoms with E-state index in [1.54, 1.807) is 0 Å². The molecule has 3 heteroatoms. The highest BCUT2D eigenvalue weighted by Crippen LogP contribution is 2.51. The minimum atomic E-state index is 0.000636. The quantitative estimate of drug-likeness (QED) is 0.104. The van der Waals surface area contributed by atoms with Gasteiger partial charge in [0.25, 0.3) is 0 Å². The Bertz CT molecular complexity index is 2760. The van der Waals surface area contributed by atoms with Crippen molar-refractivity contribution in [2.75, 3.05) is 0 Å². The molecule has 0 fully saturated rings. The first kappa shape index (κ1) is 36.3. The number of aliphatic imine (C=N–C) groups is 2. The lowest BCUT2D eigenvalue weighted by Crippen LogP contribution is -2.15. The summed E-state index contributed by atoms with van der Waals surface area (Å²) in [4.78, 5) is 10.4. The fourth-order valence-corrected chi connectivity index (χ4v) is 9.28. The van der Waals surface area contributed by atoms with Crippen LogP contribution < -0.4 is 0 Å². The van der Waals surface area contributed by atoms with Crippen molar-refractivity contribution < 1.29 is 0 Å². The third kappa shape index (κ3) is 6.51. The van der Waals surface area contributed by atoms with Gasteiger partial charge in [0.15, 0.2) is 5.84 Å². The Kier molecular flexibility index (Phi) is 9.54. The monoisotopic (exact) mass is 739 g/mol. The minimum absolute atomic E-state index is 0.000636. The summed E-state index contributed by atoms with van der Waals surface area (Å²) < 4.78 is 2.29. The summed E-state index contributed by atoms with van der Waals surface area (Å²) in [6.45, 7) is 11.9. The Labute approximate surface area is 337 Å². The van der Waals surface area contributed by atoms with E-state index >= 15 is 0 Å². The van der Waals surface area contributed by atoms with Gasteiger partial charge in [0.2, 0.25) is 0 Å². The second-order valence-corrected chi connectivity index (χ2v) is 16.1. The minimum Gasteiger partial charge on any atom is -0.320 e. The van der Waals surface area contributed by atoms with Crippen molar-refractivity contribution >= 4 is 33.4 Å². The van der Waals surface area contributed by atoms with Crippen LogP contribution in [-0.2, 0) is 18.5 Å². The van der Waals surface area contributed by atoms with Crippen LogP contribution in [0.5, 0.6) is 0 Å². The summed E-state index contributed by atoms with van der Waals surface area (Å²) in [5.41, 5.74) is 17.9. The molecule has 1 unspecified atom stereocenters. The van der Waals surface area contributed by atoms with E-state index in [2.05, 4.69) is 197 Å². The number of amidine groups is 1. The lowest BCUT2D eigenvalue weighted by Gasteiger charge is -2.23. The maximum absolute atomic E-state index is 5.19. The number of para-hydroxylation sites is 2. The maximum atomic E-state index is 5.19. The lowest BCUT2D eigenvalue weighted by atomic mass is 9.80. The van der Waals surface area contributed by atoms with Gasteiger partial charge in [-0.05, 0) is 100 Å². The van der Waals surface area contributed by atoms with Crippen LogP contribution in [0, 0.1) is 6.92 Å². The molecule has 1 atom stereocenters. The van der Waals surface area contributed by atoms with Gasteiger partial charge in [-0.3, -0.25) is 0 Å². The Morgan fingerprint density at radius 1 is 0.596 bits per heavy atom. The fourth-order valence-electron chi connectivity index (χ4n) is 9.28. The van der Waals surface area contributed by atoms with Gasteiger partial charge in [-0.25, -0.2) is 9.98 Å². The van der Waals surface area contributed by atoms with Crippen LogP contribution in [0.4, 0.5) is 0 Å². The van der Waals surface area contributed by atoms with E-state index in [1.165, 1.54) is 71.9 Å². The molecule has 8 aromatic rings. The number of rotatable bonds is 9. The zero-order valence-electron chi connectivity index (χ0n) is 33.6. The van der Waals surface area contributed by atoms with E-state index < -0.39 is 0 Å². The third-order valence-corrected chi connectivity index (χ3v) is 12.4. The second-order valence-electron chi connectivity index (χ2n) is 16.1. The predicted molar refractivity (Wildman–Crippen MR) is 242 cm³/mol. The van der Waals surface area contributed by atoms with Crippen LogP contribution in [0.15, 0.2) is 174 Å². The Morgan fingerprint density at radius 3 is 1.91 bits per heavy atom. The van der Waals surface area contributed by atoms with E-state index in [-0.39, 0.29) is 5.41 Å². The molecule has 1 aromatic heterocycles. The average Bonchev–Trinajstić information content (AvgIpc) is 3.70. The van der Waals surface area contributed by atoms with Crippen molar-refractivity contribution in [1.29, 1.82) is 0 Å². The smallest absolute Gasteiger partial charge is 0.156 e. The van der Waals surface area contributed by atoms with Crippen molar-refractivity contribution in [2.24, 2.45) is 9.98 Å². The fraction of sp³-hybridized carbons (Fsp3) is 0.185. The van der Waals surface area contributed by atoms with Crippen molar-refractivity contribution in [2.45, 2.75) is 65.5 Å². The summed E-state index contributed by atoms with van der Waals surface area (Å²) in [7, 11) is 0. The van der Waals surface area contributed by atoms with E-state index in [1.807, 2.05) is 6.07 Å². The molecule has 0 N–H and O–H groups in total. The molecule has 1 aliphatic rings. The molecule has 3 nitrogen and oxygen atoms in total. The summed E-state index contributed by atoms with van der Waals surface area (Å²) >= 11 is 0. The summed E-state index contributed by atoms with van der Waals surface area (Å²) in [6, 6.07) is 59.3. The molecule has 0 spiro atoms. The number of aromatic nitrogens is 1. The SMILES string of the molecule is CCC(Cc1ccccc1-c1ccc2c(c1C)-c1ccccc1C2(C)C)c1ccc(C(C)=NC(=NCn2c3ccccc3c3ccccc32)c2ccccc2)cc1. The average molecular weight is 740 g/mol. The van der Waals surface area contributed by atoms with Crippen molar-refractivity contribution in [3.05, 3.63) is 203 Å². The van der Waals surface area contributed by atoms with Crippen LogP contribution in [-0.4, -0.2) is 16.1 Å². The highest BCUT2D eigenvalue weighted by atomic mass is 15.1. The molecule has 1 aliphatic carbocycles. The zero-order chi connectivity index (χ0) is 39.1. The number of benzene rings is 7. The number of hydrogen-bond donors (Lipinski definition) is 0. The molecule has 0 bridgehead atoms. The second kappa shape index (κ2) is 15.0. The van der Waals surface area contributed by atoms with Gasteiger partial charge in [0.05, 0.1) is 11.0 Å². The molecule has 0 radical (unpaired) electrons.